The van der Waals surface area contributed by atoms with Crippen LogP contribution in [0.2, 0.25) is 0 Å². The third-order valence-electron chi connectivity index (χ3n) is 2.44. The standard InChI is InChI=1S/C14H20N4OS/c1-8-11(7-15)13(17-10(3)16-8)20-9(2)12(19)18-14(4,5)6/h9H,1-6H3,(H,18,19). The molecule has 1 atom stereocenters. The van der Waals surface area contributed by atoms with E-state index in [1.807, 2.05) is 20.8 Å². The maximum atomic E-state index is 12.1. The van der Waals surface area contributed by atoms with Crippen LogP contribution in [0.1, 0.15) is 44.8 Å². The van der Waals surface area contributed by atoms with Gasteiger partial charge in [-0.2, -0.15) is 5.26 Å². The first kappa shape index (κ1) is 16.4. The molecule has 6 heteroatoms. The van der Waals surface area contributed by atoms with Gasteiger partial charge in [0.2, 0.25) is 5.91 Å². The van der Waals surface area contributed by atoms with Crippen LogP contribution in [0.4, 0.5) is 0 Å². The average molecular weight is 292 g/mol. The molecule has 0 saturated carbocycles. The second-order valence-electron chi connectivity index (χ2n) is 5.65. The molecule has 1 rings (SSSR count). The molecule has 0 aliphatic heterocycles. The van der Waals surface area contributed by atoms with E-state index in [0.29, 0.717) is 22.1 Å². The molecule has 0 fully saturated rings. The van der Waals surface area contributed by atoms with Gasteiger partial charge < -0.3 is 5.32 Å². The number of carbonyl (C=O) groups excluding carboxylic acids is 1. The van der Waals surface area contributed by atoms with Gasteiger partial charge in [-0.15, -0.1) is 0 Å². The summed E-state index contributed by atoms with van der Waals surface area (Å²) in [5.74, 6) is 0.535. The number of nitriles is 1. The highest BCUT2D eigenvalue weighted by atomic mass is 32.2. The fraction of sp³-hybridized carbons (Fsp3) is 0.571. The Hall–Kier alpha value is -1.61. The number of rotatable bonds is 3. The number of nitrogens with zero attached hydrogens (tertiary/aromatic N) is 3. The molecule has 5 nitrogen and oxygen atoms in total. The van der Waals surface area contributed by atoms with Crippen LogP contribution < -0.4 is 5.32 Å². The summed E-state index contributed by atoms with van der Waals surface area (Å²) in [5.41, 5.74) is 0.809. The van der Waals surface area contributed by atoms with Crippen LogP contribution in [0.25, 0.3) is 0 Å². The minimum Gasteiger partial charge on any atom is -0.351 e. The smallest absolute Gasteiger partial charge is 0.233 e. The van der Waals surface area contributed by atoms with E-state index in [1.54, 1.807) is 20.8 Å². The van der Waals surface area contributed by atoms with E-state index in [9.17, 15) is 10.1 Å². The quantitative estimate of drug-likeness (QED) is 0.683. The van der Waals surface area contributed by atoms with Gasteiger partial charge in [-0.1, -0.05) is 11.8 Å². The first-order chi connectivity index (χ1) is 9.14. The number of aromatic nitrogens is 2. The molecule has 0 spiro atoms. The van der Waals surface area contributed by atoms with Gasteiger partial charge in [0, 0.05) is 5.54 Å². The van der Waals surface area contributed by atoms with Gasteiger partial charge >= 0.3 is 0 Å². The Labute approximate surface area is 124 Å². The van der Waals surface area contributed by atoms with E-state index >= 15 is 0 Å². The first-order valence-electron chi connectivity index (χ1n) is 6.38. The number of nitrogens with one attached hydrogen (secondary N) is 1. The number of hydrogen-bond donors (Lipinski definition) is 1. The number of aryl methyl sites for hydroxylation is 2. The van der Waals surface area contributed by atoms with Crippen molar-refractivity contribution in [3.63, 3.8) is 0 Å². The number of thioether (sulfide) groups is 1. The van der Waals surface area contributed by atoms with Gasteiger partial charge in [-0.3, -0.25) is 4.79 Å². The molecule has 0 aromatic carbocycles. The van der Waals surface area contributed by atoms with E-state index in [2.05, 4.69) is 21.4 Å². The van der Waals surface area contributed by atoms with Crippen molar-refractivity contribution in [1.82, 2.24) is 15.3 Å². The van der Waals surface area contributed by atoms with Gasteiger partial charge in [0.15, 0.2) is 0 Å². The molecular formula is C14H20N4OS. The molecule has 0 saturated heterocycles. The molecule has 0 aliphatic rings. The second-order valence-corrected chi connectivity index (χ2v) is 6.98. The van der Waals surface area contributed by atoms with Crippen LogP contribution in [0.15, 0.2) is 5.03 Å². The topological polar surface area (TPSA) is 78.7 Å². The lowest BCUT2D eigenvalue weighted by Gasteiger charge is -2.23. The van der Waals surface area contributed by atoms with E-state index in [4.69, 9.17) is 0 Å². The van der Waals surface area contributed by atoms with Crippen molar-refractivity contribution in [2.24, 2.45) is 0 Å². The highest BCUT2D eigenvalue weighted by Crippen LogP contribution is 2.26. The van der Waals surface area contributed by atoms with Crippen molar-refractivity contribution in [3.8, 4) is 6.07 Å². The molecule has 20 heavy (non-hydrogen) atoms. The maximum absolute atomic E-state index is 12.1. The number of amides is 1. The maximum Gasteiger partial charge on any atom is 0.233 e. The Bertz CT molecular complexity index is 558. The fourth-order valence-corrected chi connectivity index (χ4v) is 2.58. The van der Waals surface area contributed by atoms with Crippen LogP contribution in [0.5, 0.6) is 0 Å². The summed E-state index contributed by atoms with van der Waals surface area (Å²) in [7, 11) is 0. The molecule has 1 aromatic rings. The molecule has 1 aromatic heterocycles. The molecule has 0 aliphatic carbocycles. The summed E-state index contributed by atoms with van der Waals surface area (Å²) in [6.07, 6.45) is 0. The minimum absolute atomic E-state index is 0.0692. The van der Waals surface area contributed by atoms with Crippen molar-refractivity contribution >= 4 is 17.7 Å². The van der Waals surface area contributed by atoms with Crippen molar-refractivity contribution in [1.29, 1.82) is 5.26 Å². The van der Waals surface area contributed by atoms with Crippen LogP contribution in [-0.4, -0.2) is 26.7 Å². The molecule has 1 amide bonds. The SMILES string of the molecule is Cc1nc(C)c(C#N)c(SC(C)C(=O)NC(C)(C)C)n1. The van der Waals surface area contributed by atoms with Gasteiger partial charge in [0.25, 0.3) is 0 Å². The lowest BCUT2D eigenvalue weighted by Crippen LogP contribution is -2.44. The Morgan fingerprint density at radius 2 is 1.95 bits per heavy atom. The predicted molar refractivity (Wildman–Crippen MR) is 79.4 cm³/mol. The Morgan fingerprint density at radius 3 is 2.45 bits per heavy atom. The number of carbonyl (C=O) groups is 1. The van der Waals surface area contributed by atoms with Gasteiger partial charge in [0.1, 0.15) is 22.5 Å². The molecule has 1 heterocycles. The Balaban J connectivity index is 2.94. The highest BCUT2D eigenvalue weighted by Gasteiger charge is 2.22. The summed E-state index contributed by atoms with van der Waals surface area (Å²) in [5, 5.41) is 12.3. The van der Waals surface area contributed by atoms with Crippen molar-refractivity contribution in [2.75, 3.05) is 0 Å². The lowest BCUT2D eigenvalue weighted by molar-refractivity contribution is -0.121. The van der Waals surface area contributed by atoms with E-state index in [1.165, 1.54) is 11.8 Å². The predicted octanol–water partition coefficient (Wildman–Crippen LogP) is 2.36. The lowest BCUT2D eigenvalue weighted by atomic mass is 10.1. The summed E-state index contributed by atoms with van der Waals surface area (Å²) < 4.78 is 0. The van der Waals surface area contributed by atoms with Crippen LogP contribution in [-0.2, 0) is 4.79 Å². The average Bonchev–Trinajstić information content (AvgIpc) is 2.25. The molecule has 1 unspecified atom stereocenters. The van der Waals surface area contributed by atoms with Gasteiger partial charge in [-0.25, -0.2) is 9.97 Å². The molecule has 0 radical (unpaired) electrons. The first-order valence-corrected chi connectivity index (χ1v) is 7.26. The van der Waals surface area contributed by atoms with E-state index in [-0.39, 0.29) is 16.7 Å². The Morgan fingerprint density at radius 1 is 1.35 bits per heavy atom. The van der Waals surface area contributed by atoms with Crippen molar-refractivity contribution in [3.05, 3.63) is 17.1 Å². The van der Waals surface area contributed by atoms with Crippen molar-refractivity contribution in [2.45, 2.75) is 57.4 Å². The largest absolute Gasteiger partial charge is 0.351 e. The third kappa shape index (κ3) is 4.49. The molecule has 108 valence electrons. The Kier molecular flexibility index (Phi) is 5.12. The van der Waals surface area contributed by atoms with Gasteiger partial charge in [0.05, 0.1) is 10.9 Å². The third-order valence-corrected chi connectivity index (χ3v) is 3.52. The second kappa shape index (κ2) is 6.23. The summed E-state index contributed by atoms with van der Waals surface area (Å²) >= 11 is 1.29. The van der Waals surface area contributed by atoms with E-state index in [0.717, 1.165) is 0 Å². The molecular weight excluding hydrogens is 272 g/mol. The normalized spacial score (nSPS) is 12.7. The molecule has 1 N–H and O–H groups in total. The zero-order valence-corrected chi connectivity index (χ0v) is 13.6. The highest BCUT2D eigenvalue weighted by molar-refractivity contribution is 8.00. The minimum atomic E-state index is -0.324. The van der Waals surface area contributed by atoms with Gasteiger partial charge in [-0.05, 0) is 41.5 Å². The zero-order valence-electron chi connectivity index (χ0n) is 12.7. The number of hydrogen-bond acceptors (Lipinski definition) is 5. The van der Waals surface area contributed by atoms with Crippen LogP contribution >= 0.6 is 11.8 Å². The summed E-state index contributed by atoms with van der Waals surface area (Å²) in [6.45, 7) is 11.2. The summed E-state index contributed by atoms with van der Waals surface area (Å²) in [6, 6.07) is 2.11. The monoisotopic (exact) mass is 292 g/mol. The van der Waals surface area contributed by atoms with Crippen LogP contribution in [0, 0.1) is 25.2 Å². The zero-order chi connectivity index (χ0) is 15.5. The van der Waals surface area contributed by atoms with Crippen molar-refractivity contribution < 1.29 is 4.79 Å². The molecule has 0 bridgehead atoms. The van der Waals surface area contributed by atoms with Crippen LogP contribution in [0.3, 0.4) is 0 Å². The van der Waals surface area contributed by atoms with E-state index < -0.39 is 0 Å². The fourth-order valence-electron chi connectivity index (χ4n) is 1.59. The summed E-state index contributed by atoms with van der Waals surface area (Å²) in [4.78, 5) is 20.5.